The van der Waals surface area contributed by atoms with Crippen LogP contribution in [0.4, 0.5) is 0 Å². The first-order valence-corrected chi connectivity index (χ1v) is 7.98. The summed E-state index contributed by atoms with van der Waals surface area (Å²) in [6.45, 7) is 0. The molecule has 0 spiro atoms. The van der Waals surface area contributed by atoms with Crippen LogP contribution in [0.25, 0.3) is 0 Å². The van der Waals surface area contributed by atoms with Crippen LogP contribution in [0.1, 0.15) is 0 Å². The maximum absolute atomic E-state index is 11.1. The lowest BCUT2D eigenvalue weighted by Crippen LogP contribution is -1.70. The van der Waals surface area contributed by atoms with E-state index in [1.807, 2.05) is 6.07 Å². The molecule has 0 atom stereocenters. The smallest absolute Gasteiger partial charge is 0.194 e. The molecular formula is C6H3Br2OS2. The van der Waals surface area contributed by atoms with Gasteiger partial charge in [0.15, 0.2) is 5.75 Å². The van der Waals surface area contributed by atoms with Crippen LogP contribution in [0.3, 0.4) is 0 Å². The Hall–Kier alpha value is 0.680. The molecule has 0 saturated carbocycles. The van der Waals surface area contributed by atoms with Crippen molar-refractivity contribution < 1.29 is 5.11 Å². The van der Waals surface area contributed by atoms with Gasteiger partial charge in [-0.15, -0.1) is 0 Å². The third-order valence-corrected chi connectivity index (χ3v) is 4.19. The summed E-state index contributed by atoms with van der Waals surface area (Å²) in [5.74, 6) is 0.0522. The Morgan fingerprint density at radius 2 is 1.91 bits per heavy atom. The van der Waals surface area contributed by atoms with Crippen molar-refractivity contribution in [2.24, 2.45) is 0 Å². The van der Waals surface area contributed by atoms with Crippen LogP contribution in [0.15, 0.2) is 28.0 Å². The standard InChI is InChI=1S/C6H3Br2OS2/c7-10-4-1-2-6(11-8)5(9)3-4/h1-3H. The second-order valence-electron chi connectivity index (χ2n) is 1.76. The van der Waals surface area contributed by atoms with Crippen molar-refractivity contribution >= 4 is 50.0 Å². The third kappa shape index (κ3) is 2.57. The molecule has 0 aliphatic rings. The first kappa shape index (κ1) is 9.77. The average Bonchev–Trinajstić information content (AvgIpc) is 2.04. The summed E-state index contributed by atoms with van der Waals surface area (Å²) >= 11 is 6.35. The van der Waals surface area contributed by atoms with Crippen molar-refractivity contribution in [3.8, 4) is 5.75 Å². The van der Waals surface area contributed by atoms with E-state index in [0.29, 0.717) is 0 Å². The summed E-state index contributed by atoms with van der Waals surface area (Å²) in [6, 6.07) is 5.29. The molecule has 0 aliphatic carbocycles. The van der Waals surface area contributed by atoms with Crippen LogP contribution >= 0.6 is 50.0 Å². The number of hydrogen-bond donors (Lipinski definition) is 0. The minimum atomic E-state index is 0.0522. The molecule has 1 radical (unpaired) electrons. The van der Waals surface area contributed by atoms with Crippen LogP contribution in [-0.4, -0.2) is 0 Å². The molecule has 11 heavy (non-hydrogen) atoms. The second kappa shape index (κ2) is 4.64. The number of benzene rings is 1. The summed E-state index contributed by atoms with van der Waals surface area (Å²) in [7, 11) is 2.68. The first-order chi connectivity index (χ1) is 5.27. The highest BCUT2D eigenvalue weighted by Crippen LogP contribution is 2.37. The number of hydrogen-bond acceptors (Lipinski definition) is 2. The van der Waals surface area contributed by atoms with E-state index in [9.17, 15) is 5.11 Å². The minimum Gasteiger partial charge on any atom is -0.289 e. The van der Waals surface area contributed by atoms with E-state index in [0.717, 1.165) is 9.79 Å². The van der Waals surface area contributed by atoms with Crippen molar-refractivity contribution in [3.05, 3.63) is 18.2 Å². The Morgan fingerprint density at radius 1 is 1.18 bits per heavy atom. The van der Waals surface area contributed by atoms with Crippen LogP contribution in [-0.2, 0) is 5.11 Å². The van der Waals surface area contributed by atoms with Crippen molar-refractivity contribution in [1.82, 2.24) is 0 Å². The minimum absolute atomic E-state index is 0.0522. The topological polar surface area (TPSA) is 19.9 Å². The van der Waals surface area contributed by atoms with Crippen molar-refractivity contribution in [2.45, 2.75) is 9.79 Å². The average molecular weight is 315 g/mol. The zero-order chi connectivity index (χ0) is 8.27. The first-order valence-electron chi connectivity index (χ1n) is 2.66. The fourth-order valence-corrected chi connectivity index (χ4v) is 2.53. The molecule has 0 amide bonds. The summed E-state index contributed by atoms with van der Waals surface area (Å²) in [6.07, 6.45) is 0. The Labute approximate surface area is 88.4 Å². The molecule has 0 heterocycles. The summed E-state index contributed by atoms with van der Waals surface area (Å²) in [5, 5.41) is 11.1. The molecular weight excluding hydrogens is 312 g/mol. The lowest BCUT2D eigenvalue weighted by Gasteiger charge is -1.97. The quantitative estimate of drug-likeness (QED) is 0.792. The predicted molar refractivity (Wildman–Crippen MR) is 56.1 cm³/mol. The highest BCUT2D eigenvalue weighted by molar-refractivity contribution is 9.50. The molecule has 5 heteroatoms. The summed E-state index contributed by atoms with van der Waals surface area (Å²) in [4.78, 5) is 1.65. The van der Waals surface area contributed by atoms with E-state index >= 15 is 0 Å². The van der Waals surface area contributed by atoms with E-state index in [1.165, 1.54) is 20.4 Å². The molecule has 1 rings (SSSR count). The highest BCUT2D eigenvalue weighted by Gasteiger charge is 2.03. The molecule has 0 saturated heterocycles. The van der Waals surface area contributed by atoms with Crippen LogP contribution < -0.4 is 0 Å². The zero-order valence-corrected chi connectivity index (χ0v) is 10.0. The van der Waals surface area contributed by atoms with Gasteiger partial charge in [-0.3, -0.25) is 5.11 Å². The monoisotopic (exact) mass is 313 g/mol. The molecule has 0 bridgehead atoms. The van der Waals surface area contributed by atoms with Crippen molar-refractivity contribution in [3.63, 3.8) is 0 Å². The Morgan fingerprint density at radius 3 is 2.36 bits per heavy atom. The van der Waals surface area contributed by atoms with Gasteiger partial charge >= 0.3 is 0 Å². The van der Waals surface area contributed by atoms with Gasteiger partial charge in [-0.05, 0) is 62.1 Å². The fourth-order valence-electron chi connectivity index (χ4n) is 0.600. The molecule has 0 fully saturated rings. The van der Waals surface area contributed by atoms with Gasteiger partial charge in [0.1, 0.15) is 0 Å². The lowest BCUT2D eigenvalue weighted by atomic mass is 10.3. The van der Waals surface area contributed by atoms with Crippen molar-refractivity contribution in [2.75, 3.05) is 0 Å². The van der Waals surface area contributed by atoms with Gasteiger partial charge in [-0.25, -0.2) is 0 Å². The molecule has 0 N–H and O–H groups in total. The molecule has 0 unspecified atom stereocenters. The summed E-state index contributed by atoms with van der Waals surface area (Å²) in [5.41, 5.74) is 0. The van der Waals surface area contributed by atoms with Gasteiger partial charge in [0, 0.05) is 11.0 Å². The Kier molecular flexibility index (Phi) is 4.12. The molecule has 1 aromatic rings. The van der Waals surface area contributed by atoms with Gasteiger partial charge in [0.2, 0.25) is 0 Å². The highest BCUT2D eigenvalue weighted by atomic mass is 79.9. The van der Waals surface area contributed by atoms with E-state index in [-0.39, 0.29) is 5.75 Å². The maximum Gasteiger partial charge on any atom is 0.194 e. The number of halogens is 2. The fraction of sp³-hybridized carbons (Fsp3) is 0. The third-order valence-electron chi connectivity index (χ3n) is 1.09. The molecule has 1 aromatic carbocycles. The van der Waals surface area contributed by atoms with Crippen LogP contribution in [0.2, 0.25) is 0 Å². The number of rotatable bonds is 2. The van der Waals surface area contributed by atoms with E-state index in [2.05, 4.69) is 29.6 Å². The van der Waals surface area contributed by atoms with Gasteiger partial charge in [-0.1, -0.05) is 0 Å². The van der Waals surface area contributed by atoms with Crippen LogP contribution in [0.5, 0.6) is 5.75 Å². The predicted octanol–water partition coefficient (Wildman–Crippen LogP) is 4.63. The van der Waals surface area contributed by atoms with E-state index in [4.69, 9.17) is 0 Å². The Balaban J connectivity index is 2.99. The van der Waals surface area contributed by atoms with Gasteiger partial charge in [-0.2, -0.15) is 0 Å². The summed E-state index contributed by atoms with van der Waals surface area (Å²) < 4.78 is 0. The normalized spacial score (nSPS) is 10.0. The van der Waals surface area contributed by atoms with Gasteiger partial charge in [0.25, 0.3) is 0 Å². The van der Waals surface area contributed by atoms with Crippen LogP contribution in [0, 0.1) is 0 Å². The van der Waals surface area contributed by atoms with E-state index in [1.54, 1.807) is 12.1 Å². The van der Waals surface area contributed by atoms with Crippen molar-refractivity contribution in [1.29, 1.82) is 0 Å². The van der Waals surface area contributed by atoms with E-state index < -0.39 is 0 Å². The Bertz CT molecular complexity index is 254. The zero-order valence-electron chi connectivity index (χ0n) is 5.21. The molecule has 0 aromatic heterocycles. The largest absolute Gasteiger partial charge is 0.289 e. The molecule has 59 valence electrons. The second-order valence-corrected chi connectivity index (χ2v) is 4.93. The SMILES string of the molecule is [O]c1cc(SBr)ccc1SBr. The molecule has 0 aliphatic heterocycles. The maximum atomic E-state index is 11.1. The van der Waals surface area contributed by atoms with Gasteiger partial charge < -0.3 is 0 Å². The lowest BCUT2D eigenvalue weighted by molar-refractivity contribution is 0.343. The molecule has 1 nitrogen and oxygen atoms in total. The van der Waals surface area contributed by atoms with Gasteiger partial charge in [0.05, 0.1) is 4.90 Å².